The molecule has 84 valence electrons. The molecule has 0 fully saturated rings. The number of rotatable bonds is 3. The van der Waals surface area contributed by atoms with Crippen LogP contribution < -0.4 is 5.73 Å². The molecule has 2 heteroatoms. The topological polar surface area (TPSA) is 29.3 Å². The molecule has 0 saturated carbocycles. The van der Waals surface area contributed by atoms with Crippen LogP contribution in [0.1, 0.15) is 27.8 Å². The van der Waals surface area contributed by atoms with Crippen LogP contribution in [0.5, 0.6) is 0 Å². The Bertz CT molecular complexity index is 330. The maximum Gasteiger partial charge on any atom is 0.0455 e. The molecular weight excluding hydrogens is 184 g/mol. The van der Waals surface area contributed by atoms with Gasteiger partial charge in [-0.25, -0.2) is 0 Å². The Hall–Kier alpha value is -0.860. The summed E-state index contributed by atoms with van der Waals surface area (Å²) in [4.78, 5) is 2.13. The molecule has 2 nitrogen and oxygen atoms in total. The fraction of sp³-hybridized carbons (Fsp3) is 0.538. The van der Waals surface area contributed by atoms with Crippen LogP contribution in [0.2, 0.25) is 0 Å². The average Bonchev–Trinajstić information content (AvgIpc) is 2.21. The molecule has 0 aromatic heterocycles. The highest BCUT2D eigenvalue weighted by Gasteiger charge is 2.09. The minimum absolute atomic E-state index is 0.603. The zero-order valence-electron chi connectivity index (χ0n) is 10.5. The maximum absolute atomic E-state index is 5.62. The first-order chi connectivity index (χ1) is 6.97. The van der Waals surface area contributed by atoms with Crippen LogP contribution in [0.3, 0.4) is 0 Å². The maximum atomic E-state index is 5.62. The first-order valence-corrected chi connectivity index (χ1v) is 5.42. The summed E-state index contributed by atoms with van der Waals surface area (Å²) in [5, 5.41) is 0. The molecule has 0 bridgehead atoms. The quantitative estimate of drug-likeness (QED) is 0.769. The Morgan fingerprint density at radius 1 is 1.07 bits per heavy atom. The lowest BCUT2D eigenvalue weighted by Gasteiger charge is -2.20. The molecule has 0 atom stereocenters. The van der Waals surface area contributed by atoms with E-state index in [1.807, 2.05) is 0 Å². The molecule has 1 aromatic rings. The third-order valence-electron chi connectivity index (χ3n) is 3.26. The molecule has 2 N–H and O–H groups in total. The molecule has 1 aromatic carbocycles. The molecule has 0 heterocycles. The summed E-state index contributed by atoms with van der Waals surface area (Å²) >= 11 is 0. The highest BCUT2D eigenvalue weighted by molar-refractivity contribution is 5.43. The van der Waals surface area contributed by atoms with Crippen LogP contribution in [0, 0.1) is 27.7 Å². The second-order valence-corrected chi connectivity index (χ2v) is 4.44. The van der Waals surface area contributed by atoms with E-state index in [0.717, 1.165) is 6.54 Å². The van der Waals surface area contributed by atoms with Crippen LogP contribution in [-0.2, 0) is 6.54 Å². The first kappa shape index (κ1) is 12.2. The minimum Gasteiger partial charge on any atom is -0.318 e. The van der Waals surface area contributed by atoms with Gasteiger partial charge < -0.3 is 5.73 Å². The monoisotopic (exact) mass is 206 g/mol. The van der Waals surface area contributed by atoms with Gasteiger partial charge in [-0.2, -0.15) is 0 Å². The largest absolute Gasteiger partial charge is 0.318 e. The highest BCUT2D eigenvalue weighted by Crippen LogP contribution is 2.22. The van der Waals surface area contributed by atoms with Gasteiger partial charge in [-0.15, -0.1) is 0 Å². The molecule has 0 aliphatic heterocycles. The van der Waals surface area contributed by atoms with Crippen LogP contribution in [0.15, 0.2) is 6.07 Å². The van der Waals surface area contributed by atoms with E-state index in [-0.39, 0.29) is 0 Å². The smallest absolute Gasteiger partial charge is 0.0455 e. The molecular formula is C13H22N2. The fourth-order valence-electron chi connectivity index (χ4n) is 1.87. The van der Waals surface area contributed by atoms with Crippen molar-refractivity contribution in [2.24, 2.45) is 5.73 Å². The van der Waals surface area contributed by atoms with Gasteiger partial charge in [0.2, 0.25) is 0 Å². The van der Waals surface area contributed by atoms with E-state index in [0.29, 0.717) is 6.67 Å². The number of aryl methyl sites for hydroxylation is 2. The highest BCUT2D eigenvalue weighted by atomic mass is 15.1. The van der Waals surface area contributed by atoms with Crippen molar-refractivity contribution < 1.29 is 0 Å². The van der Waals surface area contributed by atoms with Gasteiger partial charge in [0, 0.05) is 13.2 Å². The third-order valence-corrected chi connectivity index (χ3v) is 3.26. The molecule has 0 unspecified atom stereocenters. The van der Waals surface area contributed by atoms with Crippen molar-refractivity contribution in [2.45, 2.75) is 34.2 Å². The molecule has 0 aliphatic carbocycles. The van der Waals surface area contributed by atoms with Gasteiger partial charge in [0.25, 0.3) is 0 Å². The summed E-state index contributed by atoms with van der Waals surface area (Å²) < 4.78 is 0. The molecule has 1 rings (SSSR count). The van der Waals surface area contributed by atoms with Crippen LogP contribution in [0.25, 0.3) is 0 Å². The van der Waals surface area contributed by atoms with Gasteiger partial charge in [-0.3, -0.25) is 4.90 Å². The van der Waals surface area contributed by atoms with E-state index < -0.39 is 0 Å². The predicted molar refractivity (Wildman–Crippen MR) is 65.9 cm³/mol. The van der Waals surface area contributed by atoms with E-state index in [4.69, 9.17) is 5.73 Å². The van der Waals surface area contributed by atoms with E-state index in [1.54, 1.807) is 0 Å². The molecule has 0 saturated heterocycles. The van der Waals surface area contributed by atoms with E-state index >= 15 is 0 Å². The lowest BCUT2D eigenvalue weighted by molar-refractivity contribution is 0.336. The summed E-state index contributed by atoms with van der Waals surface area (Å²) in [5.74, 6) is 0. The van der Waals surface area contributed by atoms with Gasteiger partial charge >= 0.3 is 0 Å². The van der Waals surface area contributed by atoms with Crippen molar-refractivity contribution >= 4 is 0 Å². The average molecular weight is 206 g/mol. The Balaban J connectivity index is 3.15. The number of nitrogens with zero attached hydrogens (tertiary/aromatic N) is 1. The second kappa shape index (κ2) is 4.77. The second-order valence-electron chi connectivity index (χ2n) is 4.44. The van der Waals surface area contributed by atoms with Crippen molar-refractivity contribution in [3.63, 3.8) is 0 Å². The molecule has 0 amide bonds. The van der Waals surface area contributed by atoms with Crippen molar-refractivity contribution in [1.29, 1.82) is 0 Å². The number of hydrogen-bond donors (Lipinski definition) is 1. The predicted octanol–water partition coefficient (Wildman–Crippen LogP) is 2.27. The molecule has 0 spiro atoms. The van der Waals surface area contributed by atoms with E-state index in [9.17, 15) is 0 Å². The van der Waals surface area contributed by atoms with E-state index in [2.05, 4.69) is 45.7 Å². The van der Waals surface area contributed by atoms with Gasteiger partial charge in [-0.1, -0.05) is 6.07 Å². The standard InChI is InChI=1S/C13H22N2/c1-9-6-10(2)12(4)13(11(9)3)7-15(5)8-14/h6H,7-8,14H2,1-5H3. The number of benzene rings is 1. The Morgan fingerprint density at radius 2 is 1.53 bits per heavy atom. The summed E-state index contributed by atoms with van der Waals surface area (Å²) in [6.45, 7) is 10.3. The summed E-state index contributed by atoms with van der Waals surface area (Å²) in [6.07, 6.45) is 0. The van der Waals surface area contributed by atoms with Gasteiger partial charge in [0.15, 0.2) is 0 Å². The number of nitrogens with two attached hydrogens (primary N) is 1. The van der Waals surface area contributed by atoms with Gasteiger partial charge in [0.05, 0.1) is 0 Å². The van der Waals surface area contributed by atoms with Crippen LogP contribution in [0.4, 0.5) is 0 Å². The molecule has 0 aliphatic rings. The van der Waals surface area contributed by atoms with Crippen molar-refractivity contribution in [1.82, 2.24) is 4.90 Å². The lowest BCUT2D eigenvalue weighted by Crippen LogP contribution is -2.26. The molecule has 15 heavy (non-hydrogen) atoms. The Kier molecular flexibility index (Phi) is 3.89. The zero-order chi connectivity index (χ0) is 11.6. The Labute approximate surface area is 93.1 Å². The summed E-state index contributed by atoms with van der Waals surface area (Å²) in [5.41, 5.74) is 12.6. The lowest BCUT2D eigenvalue weighted by atomic mass is 9.94. The number of hydrogen-bond acceptors (Lipinski definition) is 2. The van der Waals surface area contributed by atoms with Crippen LogP contribution in [-0.4, -0.2) is 18.6 Å². The summed E-state index contributed by atoms with van der Waals surface area (Å²) in [7, 11) is 2.05. The van der Waals surface area contributed by atoms with Gasteiger partial charge in [0.1, 0.15) is 0 Å². The summed E-state index contributed by atoms with van der Waals surface area (Å²) in [6, 6.07) is 2.26. The van der Waals surface area contributed by atoms with Crippen molar-refractivity contribution in [3.05, 3.63) is 33.9 Å². The molecule has 0 radical (unpaired) electrons. The minimum atomic E-state index is 0.603. The first-order valence-electron chi connectivity index (χ1n) is 5.42. The van der Waals surface area contributed by atoms with Gasteiger partial charge in [-0.05, 0) is 62.6 Å². The Morgan fingerprint density at radius 3 is 1.93 bits per heavy atom. The van der Waals surface area contributed by atoms with Crippen LogP contribution >= 0.6 is 0 Å². The zero-order valence-corrected chi connectivity index (χ0v) is 10.5. The van der Waals surface area contributed by atoms with E-state index in [1.165, 1.54) is 27.8 Å². The normalized spacial score (nSPS) is 11.1. The fourth-order valence-corrected chi connectivity index (χ4v) is 1.87. The third kappa shape index (κ3) is 2.58. The SMILES string of the molecule is Cc1cc(C)c(C)c(CN(C)CN)c1C. The van der Waals surface area contributed by atoms with Crippen molar-refractivity contribution in [3.8, 4) is 0 Å². The van der Waals surface area contributed by atoms with Crippen molar-refractivity contribution in [2.75, 3.05) is 13.7 Å².